The number of halogens is 1. The van der Waals surface area contributed by atoms with E-state index in [0.29, 0.717) is 6.61 Å². The Hall–Kier alpha value is 0.440. The molecule has 0 unspecified atom stereocenters. The molecular weight excluding hydrogens is 168 g/mol. The highest BCUT2D eigenvalue weighted by Crippen LogP contribution is 2.14. The number of alkyl halides is 1. The molecule has 49 valence electrons. The van der Waals surface area contributed by atoms with Crippen molar-refractivity contribution < 1.29 is 4.74 Å². The summed E-state index contributed by atoms with van der Waals surface area (Å²) in [6.45, 7) is 8.93. The average molecular weight is 180 g/mol. The van der Waals surface area contributed by atoms with E-state index in [2.05, 4.69) is 36.7 Å². The van der Waals surface area contributed by atoms with E-state index < -0.39 is 0 Å². The second kappa shape index (κ2) is 3.46. The van der Waals surface area contributed by atoms with Crippen molar-refractivity contribution in [3.8, 4) is 0 Å². The molecule has 0 spiro atoms. The molecule has 0 aromatic heterocycles. The highest BCUT2D eigenvalue weighted by Gasteiger charge is 2.10. The summed E-state index contributed by atoms with van der Waals surface area (Å²) >= 11 is 3.43. The van der Waals surface area contributed by atoms with Crippen molar-refractivity contribution in [3.05, 3.63) is 6.92 Å². The maximum Gasteiger partial charge on any atom is 0.0614 e. The number of ether oxygens (including phenoxy) is 1. The highest BCUT2D eigenvalue weighted by molar-refractivity contribution is 9.10. The van der Waals surface area contributed by atoms with Crippen LogP contribution in [0, 0.1) is 6.92 Å². The van der Waals surface area contributed by atoms with Gasteiger partial charge in [0.1, 0.15) is 0 Å². The fourth-order valence-corrected chi connectivity index (χ4v) is 0.477. The lowest BCUT2D eigenvalue weighted by Gasteiger charge is -2.14. The molecule has 8 heavy (non-hydrogen) atoms. The zero-order valence-electron chi connectivity index (χ0n) is 5.41. The topological polar surface area (TPSA) is 9.23 Å². The summed E-state index contributed by atoms with van der Waals surface area (Å²) in [4.78, 5) is 0. The SMILES string of the molecule is [CH2]COCC(C)(C)Br. The van der Waals surface area contributed by atoms with Crippen molar-refractivity contribution in [2.45, 2.75) is 18.2 Å². The molecule has 0 fully saturated rings. The Morgan fingerprint density at radius 2 is 2.12 bits per heavy atom. The van der Waals surface area contributed by atoms with Crippen LogP contribution in [-0.4, -0.2) is 17.5 Å². The second-order valence-electron chi connectivity index (χ2n) is 2.27. The molecule has 0 aliphatic heterocycles. The third-order valence-corrected chi connectivity index (χ3v) is 0.819. The first-order valence-electron chi connectivity index (χ1n) is 2.62. The third kappa shape index (κ3) is 6.44. The van der Waals surface area contributed by atoms with Gasteiger partial charge < -0.3 is 4.74 Å². The molecule has 0 saturated heterocycles. The molecule has 0 heterocycles. The van der Waals surface area contributed by atoms with Gasteiger partial charge in [-0.1, -0.05) is 15.9 Å². The van der Waals surface area contributed by atoms with Crippen LogP contribution in [0.25, 0.3) is 0 Å². The largest absolute Gasteiger partial charge is 0.380 e. The first-order valence-corrected chi connectivity index (χ1v) is 3.41. The maximum absolute atomic E-state index is 5.04. The van der Waals surface area contributed by atoms with Gasteiger partial charge >= 0.3 is 0 Å². The van der Waals surface area contributed by atoms with Crippen LogP contribution in [0.1, 0.15) is 13.8 Å². The van der Waals surface area contributed by atoms with Gasteiger partial charge in [-0.2, -0.15) is 0 Å². The second-order valence-corrected chi connectivity index (χ2v) is 4.42. The number of hydrogen-bond donors (Lipinski definition) is 0. The highest BCUT2D eigenvalue weighted by atomic mass is 79.9. The van der Waals surface area contributed by atoms with Gasteiger partial charge in [0.05, 0.1) is 6.61 Å². The average Bonchev–Trinajstić information content (AvgIpc) is 1.59. The van der Waals surface area contributed by atoms with E-state index >= 15 is 0 Å². The summed E-state index contributed by atoms with van der Waals surface area (Å²) in [5.74, 6) is 0. The fourth-order valence-electron chi connectivity index (χ4n) is 0.315. The number of hydrogen-bond acceptors (Lipinski definition) is 1. The lowest BCUT2D eigenvalue weighted by atomic mass is 10.2. The minimum Gasteiger partial charge on any atom is -0.380 e. The zero-order chi connectivity index (χ0) is 6.62. The van der Waals surface area contributed by atoms with Crippen molar-refractivity contribution in [2.24, 2.45) is 0 Å². The van der Waals surface area contributed by atoms with Crippen molar-refractivity contribution in [2.75, 3.05) is 13.2 Å². The summed E-state index contributed by atoms with van der Waals surface area (Å²) in [5, 5.41) is 0. The van der Waals surface area contributed by atoms with Crippen LogP contribution in [0.15, 0.2) is 0 Å². The third-order valence-electron chi connectivity index (χ3n) is 0.590. The molecule has 0 bridgehead atoms. The van der Waals surface area contributed by atoms with Gasteiger partial charge in [0.15, 0.2) is 0 Å². The molecule has 0 aliphatic rings. The molecule has 0 atom stereocenters. The van der Waals surface area contributed by atoms with Gasteiger partial charge in [0.25, 0.3) is 0 Å². The molecule has 0 N–H and O–H groups in total. The van der Waals surface area contributed by atoms with E-state index in [0.717, 1.165) is 6.61 Å². The molecule has 0 saturated carbocycles. The first-order chi connectivity index (χ1) is 3.56. The molecule has 0 aromatic carbocycles. The Bertz CT molecular complexity index is 56.0. The summed E-state index contributed by atoms with van der Waals surface area (Å²) in [7, 11) is 0. The van der Waals surface area contributed by atoms with E-state index in [1.165, 1.54) is 0 Å². The Kier molecular flexibility index (Phi) is 3.65. The minimum absolute atomic E-state index is 0.102. The summed E-state index contributed by atoms with van der Waals surface area (Å²) in [6.07, 6.45) is 0. The summed E-state index contributed by atoms with van der Waals surface area (Å²) in [6, 6.07) is 0. The van der Waals surface area contributed by atoms with Crippen LogP contribution in [0.4, 0.5) is 0 Å². The Morgan fingerprint density at radius 1 is 1.62 bits per heavy atom. The van der Waals surface area contributed by atoms with E-state index in [4.69, 9.17) is 4.74 Å². The molecule has 2 heteroatoms. The van der Waals surface area contributed by atoms with Crippen LogP contribution in [0.2, 0.25) is 0 Å². The predicted molar refractivity (Wildman–Crippen MR) is 39.2 cm³/mol. The predicted octanol–water partition coefficient (Wildman–Crippen LogP) is 2.01. The first kappa shape index (κ1) is 8.44. The van der Waals surface area contributed by atoms with Crippen LogP contribution in [-0.2, 0) is 4.74 Å². The monoisotopic (exact) mass is 179 g/mol. The van der Waals surface area contributed by atoms with Gasteiger partial charge in [-0.25, -0.2) is 0 Å². The Labute approximate surface area is 59.5 Å². The van der Waals surface area contributed by atoms with E-state index in [-0.39, 0.29) is 4.32 Å². The molecule has 1 nitrogen and oxygen atoms in total. The molecule has 1 radical (unpaired) electrons. The van der Waals surface area contributed by atoms with E-state index in [1.54, 1.807) is 0 Å². The standard InChI is InChI=1S/C6H12BrO/c1-4-8-5-6(2,3)7/h1,4-5H2,2-3H3. The van der Waals surface area contributed by atoms with Gasteiger partial charge in [-0.15, -0.1) is 0 Å². The molecule has 0 aromatic rings. The minimum atomic E-state index is 0.102. The van der Waals surface area contributed by atoms with Crippen LogP contribution in [0.5, 0.6) is 0 Å². The molecule has 0 rings (SSSR count). The molecule has 0 amide bonds. The van der Waals surface area contributed by atoms with E-state index in [1.807, 2.05) is 0 Å². The van der Waals surface area contributed by atoms with E-state index in [9.17, 15) is 0 Å². The maximum atomic E-state index is 5.04. The number of rotatable bonds is 3. The Balaban J connectivity index is 3.11. The van der Waals surface area contributed by atoms with Gasteiger partial charge in [0.2, 0.25) is 0 Å². The lowest BCUT2D eigenvalue weighted by molar-refractivity contribution is 0.146. The van der Waals surface area contributed by atoms with Gasteiger partial charge in [0, 0.05) is 10.9 Å². The normalized spacial score (nSPS) is 12.0. The van der Waals surface area contributed by atoms with Crippen molar-refractivity contribution in [3.63, 3.8) is 0 Å². The smallest absolute Gasteiger partial charge is 0.0614 e. The summed E-state index contributed by atoms with van der Waals surface area (Å²) in [5.41, 5.74) is 0. The van der Waals surface area contributed by atoms with Crippen LogP contribution >= 0.6 is 15.9 Å². The zero-order valence-corrected chi connectivity index (χ0v) is 6.99. The van der Waals surface area contributed by atoms with Crippen molar-refractivity contribution in [1.82, 2.24) is 0 Å². The van der Waals surface area contributed by atoms with Gasteiger partial charge in [-0.3, -0.25) is 0 Å². The molecule has 0 aliphatic carbocycles. The molecular formula is C6H12BrO. The van der Waals surface area contributed by atoms with Crippen LogP contribution < -0.4 is 0 Å². The quantitative estimate of drug-likeness (QED) is 0.603. The summed E-state index contributed by atoms with van der Waals surface area (Å²) < 4.78 is 5.14. The van der Waals surface area contributed by atoms with Gasteiger partial charge in [-0.05, 0) is 20.8 Å². The lowest BCUT2D eigenvalue weighted by Crippen LogP contribution is -2.17. The Morgan fingerprint density at radius 3 is 2.25 bits per heavy atom. The van der Waals surface area contributed by atoms with Crippen molar-refractivity contribution >= 4 is 15.9 Å². The van der Waals surface area contributed by atoms with Crippen molar-refractivity contribution in [1.29, 1.82) is 0 Å². The van der Waals surface area contributed by atoms with Crippen LogP contribution in [0.3, 0.4) is 0 Å². The fraction of sp³-hybridized carbons (Fsp3) is 0.833.